The third-order valence-electron chi connectivity index (χ3n) is 4.05. The van der Waals surface area contributed by atoms with Crippen molar-refractivity contribution in [2.45, 2.75) is 18.4 Å². The van der Waals surface area contributed by atoms with Crippen molar-refractivity contribution in [3.63, 3.8) is 0 Å². The van der Waals surface area contributed by atoms with Crippen LogP contribution in [0.2, 0.25) is 0 Å². The normalized spacial score (nSPS) is 11.7. The largest absolute Gasteiger partial charge is 0.372 e. The van der Waals surface area contributed by atoms with Crippen LogP contribution in [0.5, 0.6) is 0 Å². The number of nitro benzene ring substituents is 1. The minimum Gasteiger partial charge on any atom is -0.372 e. The standard InChI is InChI=1S/C16H17N5O4S/c1-10-6-7-13-12(8-10)19-15(20(13)2)9-18-11-4-3-5-14(26(17,24)25)16(11)21(22)23/h3-8,18H,9H2,1-2H3,(H2,17,24,25). The first-order chi connectivity index (χ1) is 12.2. The summed E-state index contributed by atoms with van der Waals surface area (Å²) >= 11 is 0. The molecule has 0 spiro atoms. The van der Waals surface area contributed by atoms with Crippen molar-refractivity contribution in [3.05, 3.63) is 57.9 Å². The SMILES string of the molecule is Cc1ccc2c(c1)nc(CNc1cccc(S(N)(=O)=O)c1[N+](=O)[O-])n2C. The summed E-state index contributed by atoms with van der Waals surface area (Å²) < 4.78 is 25.1. The maximum absolute atomic E-state index is 11.6. The van der Waals surface area contributed by atoms with Crippen LogP contribution in [-0.2, 0) is 23.6 Å². The summed E-state index contributed by atoms with van der Waals surface area (Å²) in [5, 5.41) is 19.3. The number of primary sulfonamides is 1. The minimum atomic E-state index is -4.22. The molecule has 0 aliphatic rings. The molecule has 0 aliphatic heterocycles. The lowest BCUT2D eigenvalue weighted by molar-refractivity contribution is -0.386. The van der Waals surface area contributed by atoms with E-state index in [1.54, 1.807) is 0 Å². The zero-order chi connectivity index (χ0) is 19.1. The van der Waals surface area contributed by atoms with Gasteiger partial charge >= 0.3 is 5.69 Å². The third-order valence-corrected chi connectivity index (χ3v) is 5.00. The Balaban J connectivity index is 1.98. The average molecular weight is 375 g/mol. The van der Waals surface area contributed by atoms with Crippen molar-refractivity contribution in [1.82, 2.24) is 9.55 Å². The Morgan fingerprint density at radius 2 is 2.04 bits per heavy atom. The second kappa shape index (κ2) is 6.39. The number of nitrogens with zero attached hydrogens (tertiary/aromatic N) is 3. The van der Waals surface area contributed by atoms with Gasteiger partial charge in [-0.15, -0.1) is 0 Å². The van der Waals surface area contributed by atoms with Crippen molar-refractivity contribution >= 4 is 32.4 Å². The number of benzene rings is 2. The molecule has 0 saturated carbocycles. The van der Waals surface area contributed by atoms with Crippen LogP contribution in [-0.4, -0.2) is 22.9 Å². The molecule has 26 heavy (non-hydrogen) atoms. The lowest BCUT2D eigenvalue weighted by Crippen LogP contribution is -2.15. The molecule has 1 heterocycles. The van der Waals surface area contributed by atoms with E-state index in [-0.39, 0.29) is 12.2 Å². The first-order valence-corrected chi connectivity index (χ1v) is 9.19. The highest BCUT2D eigenvalue weighted by Gasteiger charge is 2.26. The Morgan fingerprint density at radius 1 is 1.31 bits per heavy atom. The Hall–Kier alpha value is -2.98. The van der Waals surface area contributed by atoms with Gasteiger partial charge in [0.2, 0.25) is 10.0 Å². The average Bonchev–Trinajstić information content (AvgIpc) is 2.86. The van der Waals surface area contributed by atoms with E-state index in [0.29, 0.717) is 5.82 Å². The van der Waals surface area contributed by atoms with E-state index in [1.165, 1.54) is 12.1 Å². The zero-order valence-electron chi connectivity index (χ0n) is 14.1. The van der Waals surface area contributed by atoms with E-state index >= 15 is 0 Å². The van der Waals surface area contributed by atoms with Crippen LogP contribution in [0.1, 0.15) is 11.4 Å². The summed E-state index contributed by atoms with van der Waals surface area (Å²) in [6, 6.07) is 9.80. The molecule has 2 aromatic carbocycles. The van der Waals surface area contributed by atoms with E-state index in [9.17, 15) is 18.5 Å². The predicted molar refractivity (Wildman–Crippen MR) is 97.2 cm³/mol. The summed E-state index contributed by atoms with van der Waals surface area (Å²) in [5.41, 5.74) is 2.30. The third kappa shape index (κ3) is 3.24. The molecular formula is C16H17N5O4S. The van der Waals surface area contributed by atoms with Gasteiger partial charge in [0.05, 0.1) is 22.5 Å². The van der Waals surface area contributed by atoms with Crippen molar-refractivity contribution in [2.75, 3.05) is 5.32 Å². The van der Waals surface area contributed by atoms with Gasteiger partial charge in [-0.3, -0.25) is 10.1 Å². The molecule has 3 N–H and O–H groups in total. The number of nitrogens with one attached hydrogen (secondary N) is 1. The number of hydrogen-bond acceptors (Lipinski definition) is 6. The summed E-state index contributed by atoms with van der Waals surface area (Å²) in [5.74, 6) is 0.654. The van der Waals surface area contributed by atoms with Gasteiger partial charge < -0.3 is 9.88 Å². The Morgan fingerprint density at radius 3 is 2.69 bits per heavy atom. The van der Waals surface area contributed by atoms with Crippen LogP contribution in [0.25, 0.3) is 11.0 Å². The zero-order valence-corrected chi connectivity index (χ0v) is 14.9. The summed E-state index contributed by atoms with van der Waals surface area (Å²) in [6.07, 6.45) is 0. The molecule has 9 nitrogen and oxygen atoms in total. The molecule has 10 heteroatoms. The topological polar surface area (TPSA) is 133 Å². The number of sulfonamides is 1. The first kappa shape index (κ1) is 17.8. The van der Waals surface area contributed by atoms with Gasteiger partial charge in [0, 0.05) is 7.05 Å². The smallest absolute Gasteiger partial charge is 0.312 e. The fourth-order valence-corrected chi connectivity index (χ4v) is 3.50. The monoisotopic (exact) mass is 375 g/mol. The number of nitro groups is 1. The van der Waals surface area contributed by atoms with Crippen molar-refractivity contribution < 1.29 is 13.3 Å². The molecule has 0 bridgehead atoms. The Labute approximate surface area is 149 Å². The fraction of sp³-hybridized carbons (Fsp3) is 0.188. The predicted octanol–water partition coefficient (Wildman–Crippen LogP) is 2.05. The van der Waals surface area contributed by atoms with Crippen molar-refractivity contribution in [3.8, 4) is 0 Å². The fourth-order valence-electron chi connectivity index (χ4n) is 2.78. The molecular weight excluding hydrogens is 358 g/mol. The van der Waals surface area contributed by atoms with Gasteiger partial charge in [0.1, 0.15) is 11.5 Å². The van der Waals surface area contributed by atoms with Crippen molar-refractivity contribution in [2.24, 2.45) is 12.2 Å². The highest BCUT2D eigenvalue weighted by molar-refractivity contribution is 7.89. The van der Waals surface area contributed by atoms with Crippen molar-refractivity contribution in [1.29, 1.82) is 0 Å². The van der Waals surface area contributed by atoms with Gasteiger partial charge in [0.15, 0.2) is 4.90 Å². The second-order valence-electron chi connectivity index (χ2n) is 5.89. The lowest BCUT2D eigenvalue weighted by Gasteiger charge is -2.09. The molecule has 0 amide bonds. The van der Waals surface area contributed by atoms with Crippen LogP contribution in [0.15, 0.2) is 41.3 Å². The van der Waals surface area contributed by atoms with Crippen LogP contribution in [0.3, 0.4) is 0 Å². The Bertz CT molecular complexity index is 1120. The number of imidazole rings is 1. The number of fused-ring (bicyclic) bond motifs is 1. The van der Waals surface area contributed by atoms with Crippen LogP contribution in [0.4, 0.5) is 11.4 Å². The van der Waals surface area contributed by atoms with Crippen LogP contribution < -0.4 is 10.5 Å². The molecule has 0 saturated heterocycles. The number of aromatic nitrogens is 2. The molecule has 136 valence electrons. The number of anilines is 1. The lowest BCUT2D eigenvalue weighted by atomic mass is 10.2. The maximum Gasteiger partial charge on any atom is 0.312 e. The molecule has 0 aliphatic carbocycles. The number of aryl methyl sites for hydroxylation is 2. The number of nitrogens with two attached hydrogens (primary N) is 1. The molecule has 0 fully saturated rings. The van der Waals surface area contributed by atoms with E-state index in [1.807, 2.05) is 36.7 Å². The highest BCUT2D eigenvalue weighted by atomic mass is 32.2. The van der Waals surface area contributed by atoms with Gasteiger partial charge in [-0.25, -0.2) is 18.5 Å². The highest BCUT2D eigenvalue weighted by Crippen LogP contribution is 2.31. The van der Waals surface area contributed by atoms with Gasteiger partial charge in [-0.2, -0.15) is 0 Å². The van der Waals surface area contributed by atoms with Crippen LogP contribution in [0, 0.1) is 17.0 Å². The molecule has 0 atom stereocenters. The number of para-hydroxylation sites is 1. The van der Waals surface area contributed by atoms with Gasteiger partial charge in [-0.05, 0) is 36.8 Å². The second-order valence-corrected chi connectivity index (χ2v) is 7.42. The molecule has 0 unspecified atom stereocenters. The minimum absolute atomic E-state index is 0.0600. The van der Waals surface area contributed by atoms with Gasteiger partial charge in [-0.1, -0.05) is 12.1 Å². The van der Waals surface area contributed by atoms with E-state index in [2.05, 4.69) is 10.3 Å². The summed E-state index contributed by atoms with van der Waals surface area (Å²) in [6.45, 7) is 2.15. The molecule has 1 aromatic heterocycles. The number of hydrogen-bond donors (Lipinski definition) is 2. The summed E-state index contributed by atoms with van der Waals surface area (Å²) in [7, 11) is -2.38. The van der Waals surface area contributed by atoms with Gasteiger partial charge in [0.25, 0.3) is 0 Å². The first-order valence-electron chi connectivity index (χ1n) is 7.64. The maximum atomic E-state index is 11.6. The number of rotatable bonds is 5. The summed E-state index contributed by atoms with van der Waals surface area (Å²) in [4.78, 5) is 14.6. The van der Waals surface area contributed by atoms with E-state index in [4.69, 9.17) is 5.14 Å². The molecule has 3 aromatic rings. The van der Waals surface area contributed by atoms with E-state index < -0.39 is 25.5 Å². The molecule has 0 radical (unpaired) electrons. The van der Waals surface area contributed by atoms with Crippen LogP contribution >= 0.6 is 0 Å². The quantitative estimate of drug-likeness (QED) is 0.518. The van der Waals surface area contributed by atoms with E-state index in [0.717, 1.165) is 22.7 Å². The Kier molecular flexibility index (Phi) is 4.38. The molecule has 3 rings (SSSR count).